The number of methoxy groups -OCH3 is 2. The van der Waals surface area contributed by atoms with E-state index < -0.39 is 0 Å². The summed E-state index contributed by atoms with van der Waals surface area (Å²) < 4.78 is 10.5. The van der Waals surface area contributed by atoms with Gasteiger partial charge in [-0.3, -0.25) is 0 Å². The van der Waals surface area contributed by atoms with E-state index in [0.29, 0.717) is 17.8 Å². The van der Waals surface area contributed by atoms with Crippen LogP contribution < -0.4 is 14.8 Å². The van der Waals surface area contributed by atoms with Crippen LogP contribution in [-0.2, 0) is 6.42 Å². The molecule has 1 aliphatic rings. The Labute approximate surface area is 108 Å². The van der Waals surface area contributed by atoms with Gasteiger partial charge in [-0.2, -0.15) is 9.97 Å². The fourth-order valence-electron chi connectivity index (χ4n) is 2.33. The summed E-state index contributed by atoms with van der Waals surface area (Å²) in [6.07, 6.45) is 4.55. The van der Waals surface area contributed by atoms with Crippen LogP contribution in [0.5, 0.6) is 11.8 Å². The van der Waals surface area contributed by atoms with Gasteiger partial charge in [-0.25, -0.2) is 0 Å². The summed E-state index contributed by atoms with van der Waals surface area (Å²) in [4.78, 5) is 8.88. The molecule has 0 bridgehead atoms. The zero-order chi connectivity index (χ0) is 13.0. The Balaban J connectivity index is 2.16. The van der Waals surface area contributed by atoms with Gasteiger partial charge in [0.1, 0.15) is 5.82 Å². The fourth-order valence-corrected chi connectivity index (χ4v) is 2.33. The molecule has 0 spiro atoms. The number of ether oxygens (including phenoxy) is 2. The third kappa shape index (κ3) is 2.90. The summed E-state index contributed by atoms with van der Waals surface area (Å²) in [6.45, 7) is 2.99. The first-order chi connectivity index (χ1) is 8.74. The second-order valence-corrected chi connectivity index (χ2v) is 4.63. The normalized spacial score (nSPS) is 19.6. The molecule has 1 aromatic rings. The Morgan fingerprint density at radius 3 is 2.33 bits per heavy atom. The minimum absolute atomic E-state index is 0.468. The molecule has 2 heterocycles. The number of nitrogens with one attached hydrogen (secondary N) is 1. The van der Waals surface area contributed by atoms with Gasteiger partial charge >= 0.3 is 0 Å². The van der Waals surface area contributed by atoms with E-state index in [-0.39, 0.29) is 0 Å². The van der Waals surface area contributed by atoms with Crippen molar-refractivity contribution in [3.05, 3.63) is 11.4 Å². The van der Waals surface area contributed by atoms with E-state index >= 15 is 0 Å². The van der Waals surface area contributed by atoms with E-state index in [0.717, 1.165) is 24.4 Å². The van der Waals surface area contributed by atoms with Gasteiger partial charge in [0.25, 0.3) is 0 Å². The number of nitrogens with zero attached hydrogens (tertiary/aromatic N) is 2. The molecule has 1 fully saturated rings. The highest BCUT2D eigenvalue weighted by atomic mass is 16.5. The molecular weight excluding hydrogens is 230 g/mol. The molecule has 1 aliphatic heterocycles. The third-order valence-electron chi connectivity index (χ3n) is 3.33. The minimum Gasteiger partial charge on any atom is -0.481 e. The lowest BCUT2D eigenvalue weighted by Gasteiger charge is -2.23. The van der Waals surface area contributed by atoms with Gasteiger partial charge in [-0.15, -0.1) is 0 Å². The van der Waals surface area contributed by atoms with Crippen LogP contribution in [0.4, 0.5) is 0 Å². The van der Waals surface area contributed by atoms with Crippen LogP contribution in [0, 0.1) is 6.92 Å². The van der Waals surface area contributed by atoms with E-state index in [1.54, 1.807) is 14.2 Å². The summed E-state index contributed by atoms with van der Waals surface area (Å²) in [5, 5.41) is 3.50. The zero-order valence-corrected chi connectivity index (χ0v) is 11.3. The standard InChI is InChI=1S/C13H21N3O2/c1-9-12(17-2)15-11(16-13(9)18-3)8-10-6-4-5-7-14-10/h10,14H,4-8H2,1-3H3. The van der Waals surface area contributed by atoms with E-state index in [1.165, 1.54) is 19.3 Å². The molecule has 5 heteroatoms. The highest BCUT2D eigenvalue weighted by molar-refractivity contribution is 5.34. The molecule has 18 heavy (non-hydrogen) atoms. The van der Waals surface area contributed by atoms with Crippen molar-refractivity contribution in [2.75, 3.05) is 20.8 Å². The molecule has 1 atom stereocenters. The van der Waals surface area contributed by atoms with Crippen molar-refractivity contribution in [2.45, 2.75) is 38.6 Å². The van der Waals surface area contributed by atoms with Crippen LogP contribution in [0.3, 0.4) is 0 Å². The lowest BCUT2D eigenvalue weighted by Crippen LogP contribution is -2.36. The van der Waals surface area contributed by atoms with Gasteiger partial charge < -0.3 is 14.8 Å². The lowest BCUT2D eigenvalue weighted by molar-refractivity contribution is 0.354. The molecule has 1 saturated heterocycles. The van der Waals surface area contributed by atoms with E-state index in [1.807, 2.05) is 6.92 Å². The summed E-state index contributed by atoms with van der Waals surface area (Å²) in [7, 11) is 3.24. The van der Waals surface area contributed by atoms with Gasteiger partial charge in [0.2, 0.25) is 11.8 Å². The molecule has 1 aromatic heterocycles. The van der Waals surface area contributed by atoms with Crippen molar-refractivity contribution in [3.8, 4) is 11.8 Å². The molecule has 2 rings (SSSR count). The van der Waals surface area contributed by atoms with E-state index in [2.05, 4.69) is 15.3 Å². The molecule has 5 nitrogen and oxygen atoms in total. The van der Waals surface area contributed by atoms with Crippen LogP contribution in [-0.4, -0.2) is 36.8 Å². The first kappa shape index (κ1) is 13.1. The van der Waals surface area contributed by atoms with Crippen molar-refractivity contribution in [2.24, 2.45) is 0 Å². The summed E-state index contributed by atoms with van der Waals surface area (Å²) in [5.74, 6) is 1.99. The minimum atomic E-state index is 0.468. The Morgan fingerprint density at radius 2 is 1.83 bits per heavy atom. The number of piperidine rings is 1. The van der Waals surface area contributed by atoms with Gasteiger partial charge in [0, 0.05) is 12.5 Å². The van der Waals surface area contributed by atoms with Gasteiger partial charge in [0.15, 0.2) is 0 Å². The van der Waals surface area contributed by atoms with Crippen molar-refractivity contribution in [1.82, 2.24) is 15.3 Å². The van der Waals surface area contributed by atoms with Crippen molar-refractivity contribution < 1.29 is 9.47 Å². The highest BCUT2D eigenvalue weighted by Gasteiger charge is 2.17. The van der Waals surface area contributed by atoms with Crippen LogP contribution in [0.1, 0.15) is 30.7 Å². The molecule has 1 unspecified atom stereocenters. The van der Waals surface area contributed by atoms with Crippen LogP contribution in [0.25, 0.3) is 0 Å². The Kier molecular flexibility index (Phi) is 4.36. The molecule has 0 saturated carbocycles. The average Bonchev–Trinajstić information content (AvgIpc) is 2.41. The number of hydrogen-bond acceptors (Lipinski definition) is 5. The lowest BCUT2D eigenvalue weighted by atomic mass is 10.0. The molecule has 1 N–H and O–H groups in total. The fraction of sp³-hybridized carbons (Fsp3) is 0.692. The Morgan fingerprint density at radius 1 is 1.17 bits per heavy atom. The maximum absolute atomic E-state index is 5.27. The van der Waals surface area contributed by atoms with Crippen molar-refractivity contribution in [3.63, 3.8) is 0 Å². The molecule has 100 valence electrons. The largest absolute Gasteiger partial charge is 0.481 e. The predicted octanol–water partition coefficient (Wildman–Crippen LogP) is 1.49. The number of aromatic nitrogens is 2. The number of hydrogen-bond donors (Lipinski definition) is 1. The molecule has 0 radical (unpaired) electrons. The third-order valence-corrected chi connectivity index (χ3v) is 3.33. The SMILES string of the molecule is COc1nc(CC2CCCCN2)nc(OC)c1C. The molecule has 0 amide bonds. The summed E-state index contributed by atoms with van der Waals surface area (Å²) in [5.41, 5.74) is 0.848. The van der Waals surface area contributed by atoms with Crippen LogP contribution >= 0.6 is 0 Å². The van der Waals surface area contributed by atoms with Gasteiger partial charge in [-0.05, 0) is 26.3 Å². The Bertz CT molecular complexity index is 378. The first-order valence-electron chi connectivity index (χ1n) is 6.43. The maximum atomic E-state index is 5.27. The number of rotatable bonds is 4. The maximum Gasteiger partial charge on any atom is 0.223 e. The van der Waals surface area contributed by atoms with Gasteiger partial charge in [-0.1, -0.05) is 6.42 Å². The second-order valence-electron chi connectivity index (χ2n) is 4.63. The summed E-state index contributed by atoms with van der Waals surface area (Å²) in [6, 6.07) is 0.468. The average molecular weight is 251 g/mol. The second kappa shape index (κ2) is 6.00. The first-order valence-corrected chi connectivity index (χ1v) is 6.43. The molecule has 0 aliphatic carbocycles. The van der Waals surface area contributed by atoms with E-state index in [4.69, 9.17) is 9.47 Å². The van der Waals surface area contributed by atoms with Gasteiger partial charge in [0.05, 0.1) is 19.8 Å². The molecular formula is C13H21N3O2. The topological polar surface area (TPSA) is 56.3 Å². The van der Waals surface area contributed by atoms with Crippen LogP contribution in [0.2, 0.25) is 0 Å². The van der Waals surface area contributed by atoms with Crippen molar-refractivity contribution >= 4 is 0 Å². The van der Waals surface area contributed by atoms with Crippen molar-refractivity contribution in [1.29, 1.82) is 0 Å². The smallest absolute Gasteiger partial charge is 0.223 e. The highest BCUT2D eigenvalue weighted by Crippen LogP contribution is 2.24. The monoisotopic (exact) mass is 251 g/mol. The van der Waals surface area contributed by atoms with E-state index in [9.17, 15) is 0 Å². The predicted molar refractivity (Wildman–Crippen MR) is 69.2 cm³/mol. The summed E-state index contributed by atoms with van der Waals surface area (Å²) >= 11 is 0. The van der Waals surface area contributed by atoms with Crippen LogP contribution in [0.15, 0.2) is 0 Å². The Hall–Kier alpha value is -1.36. The zero-order valence-electron chi connectivity index (χ0n) is 11.3. The quantitative estimate of drug-likeness (QED) is 0.878. The molecule has 0 aromatic carbocycles.